The number of Topliss-reactive ketones (excluding diaryl/α,β-unsaturated/α-hetero) is 1. The number of aliphatic hydroxyl groups excluding tert-OH is 1. The van der Waals surface area contributed by atoms with Gasteiger partial charge in [0, 0.05) is 5.56 Å². The molecule has 1 aliphatic carbocycles. The first-order chi connectivity index (χ1) is 8.13. The molecular formula is C13H15ClO3. The molecule has 1 N–H and O–H groups in total. The van der Waals surface area contributed by atoms with Crippen LogP contribution in [-0.2, 0) is 0 Å². The molecule has 0 atom stereocenters. The second-order valence-corrected chi connectivity index (χ2v) is 4.75. The second-order valence-electron chi connectivity index (χ2n) is 4.35. The van der Waals surface area contributed by atoms with Gasteiger partial charge in [-0.2, -0.15) is 0 Å². The summed E-state index contributed by atoms with van der Waals surface area (Å²) in [5.74, 6) is 0.560. The molecule has 0 unspecified atom stereocenters. The van der Waals surface area contributed by atoms with Crippen molar-refractivity contribution in [2.75, 3.05) is 13.2 Å². The first-order valence-electron chi connectivity index (χ1n) is 5.71. The van der Waals surface area contributed by atoms with Gasteiger partial charge in [-0.15, -0.1) is 0 Å². The van der Waals surface area contributed by atoms with Crippen molar-refractivity contribution < 1.29 is 14.6 Å². The third-order valence-electron chi connectivity index (χ3n) is 3.13. The Morgan fingerprint density at radius 1 is 1.53 bits per heavy atom. The zero-order chi connectivity index (χ0) is 12.5. The second kappa shape index (κ2) is 4.67. The topological polar surface area (TPSA) is 46.5 Å². The van der Waals surface area contributed by atoms with Crippen molar-refractivity contribution in [1.29, 1.82) is 0 Å². The summed E-state index contributed by atoms with van der Waals surface area (Å²) in [6.45, 7) is 2.32. The highest BCUT2D eigenvalue weighted by atomic mass is 35.5. The lowest BCUT2D eigenvalue weighted by Gasteiger charge is -2.12. The molecule has 0 amide bonds. The fourth-order valence-corrected chi connectivity index (χ4v) is 2.06. The molecule has 0 heterocycles. The van der Waals surface area contributed by atoms with Crippen LogP contribution in [0.15, 0.2) is 18.2 Å². The number of ether oxygens (including phenoxy) is 1. The van der Waals surface area contributed by atoms with Crippen LogP contribution < -0.4 is 4.74 Å². The minimum Gasteiger partial charge on any atom is -0.492 e. The van der Waals surface area contributed by atoms with Gasteiger partial charge in [-0.05, 0) is 38.0 Å². The number of rotatable bonds is 5. The third kappa shape index (κ3) is 2.31. The number of halogens is 1. The standard InChI is InChI=1S/C13H15ClO3/c1-2-17-11-4-3-9(7-10(11)14)12(16)13(8-15)5-6-13/h3-4,7,15H,2,5-6,8H2,1H3. The first-order valence-corrected chi connectivity index (χ1v) is 6.09. The van der Waals surface area contributed by atoms with Crippen LogP contribution >= 0.6 is 11.6 Å². The molecule has 92 valence electrons. The van der Waals surface area contributed by atoms with Crippen molar-refractivity contribution >= 4 is 17.4 Å². The van der Waals surface area contributed by atoms with E-state index in [0.717, 1.165) is 12.8 Å². The molecule has 4 heteroatoms. The van der Waals surface area contributed by atoms with Crippen molar-refractivity contribution in [3.8, 4) is 5.75 Å². The number of benzene rings is 1. The smallest absolute Gasteiger partial charge is 0.171 e. The van der Waals surface area contributed by atoms with Crippen LogP contribution in [0, 0.1) is 5.41 Å². The summed E-state index contributed by atoms with van der Waals surface area (Å²) in [5.41, 5.74) is 0.00112. The summed E-state index contributed by atoms with van der Waals surface area (Å²) in [7, 11) is 0. The highest BCUT2D eigenvalue weighted by molar-refractivity contribution is 6.32. The van der Waals surface area contributed by atoms with Gasteiger partial charge in [0.05, 0.1) is 23.7 Å². The Morgan fingerprint density at radius 3 is 2.71 bits per heavy atom. The highest BCUT2D eigenvalue weighted by Gasteiger charge is 2.49. The number of carbonyl (C=O) groups excluding carboxylic acids is 1. The van der Waals surface area contributed by atoms with Crippen molar-refractivity contribution in [1.82, 2.24) is 0 Å². The van der Waals surface area contributed by atoms with E-state index in [2.05, 4.69) is 0 Å². The van der Waals surface area contributed by atoms with E-state index in [1.165, 1.54) is 0 Å². The maximum absolute atomic E-state index is 12.1. The Hall–Kier alpha value is -1.06. The van der Waals surface area contributed by atoms with Gasteiger partial charge in [0.25, 0.3) is 0 Å². The van der Waals surface area contributed by atoms with Crippen molar-refractivity contribution in [2.24, 2.45) is 5.41 Å². The van der Waals surface area contributed by atoms with Crippen molar-refractivity contribution in [3.63, 3.8) is 0 Å². The van der Waals surface area contributed by atoms with Crippen LogP contribution in [0.2, 0.25) is 5.02 Å². The van der Waals surface area contributed by atoms with Crippen LogP contribution in [0.3, 0.4) is 0 Å². The molecule has 0 aliphatic heterocycles. The summed E-state index contributed by atoms with van der Waals surface area (Å²) >= 11 is 6.03. The van der Waals surface area contributed by atoms with E-state index in [1.54, 1.807) is 18.2 Å². The van der Waals surface area contributed by atoms with Crippen LogP contribution in [0.4, 0.5) is 0 Å². The third-order valence-corrected chi connectivity index (χ3v) is 3.43. The molecule has 1 fully saturated rings. The summed E-state index contributed by atoms with van der Waals surface area (Å²) in [6, 6.07) is 5.02. The number of carbonyl (C=O) groups is 1. The maximum Gasteiger partial charge on any atom is 0.171 e. The SMILES string of the molecule is CCOc1ccc(C(=O)C2(CO)CC2)cc1Cl. The molecule has 1 aromatic carbocycles. The molecular weight excluding hydrogens is 240 g/mol. The van der Waals surface area contributed by atoms with E-state index < -0.39 is 5.41 Å². The average Bonchev–Trinajstić information content (AvgIpc) is 3.12. The molecule has 17 heavy (non-hydrogen) atoms. The zero-order valence-corrected chi connectivity index (χ0v) is 10.5. The fourth-order valence-electron chi connectivity index (χ4n) is 1.83. The summed E-state index contributed by atoms with van der Waals surface area (Å²) in [4.78, 5) is 12.1. The fraction of sp³-hybridized carbons (Fsp3) is 0.462. The lowest BCUT2D eigenvalue weighted by Crippen LogP contribution is -2.20. The predicted molar refractivity (Wildman–Crippen MR) is 65.7 cm³/mol. The van der Waals surface area contributed by atoms with Crippen molar-refractivity contribution in [3.05, 3.63) is 28.8 Å². The minimum atomic E-state index is -0.545. The summed E-state index contributed by atoms with van der Waals surface area (Å²) < 4.78 is 5.31. The Bertz CT molecular complexity index is 438. The van der Waals surface area contributed by atoms with E-state index >= 15 is 0 Å². The van der Waals surface area contributed by atoms with Gasteiger partial charge in [0.2, 0.25) is 0 Å². The van der Waals surface area contributed by atoms with Crippen LogP contribution in [-0.4, -0.2) is 24.1 Å². The van der Waals surface area contributed by atoms with E-state index in [-0.39, 0.29) is 12.4 Å². The molecule has 0 bridgehead atoms. The molecule has 0 aromatic heterocycles. The van der Waals surface area contributed by atoms with E-state index in [1.807, 2.05) is 6.92 Å². The Balaban J connectivity index is 2.23. The molecule has 2 rings (SSSR count). The van der Waals surface area contributed by atoms with Gasteiger partial charge < -0.3 is 9.84 Å². The van der Waals surface area contributed by atoms with E-state index in [0.29, 0.717) is 22.9 Å². The van der Waals surface area contributed by atoms with Crippen LogP contribution in [0.25, 0.3) is 0 Å². The molecule has 0 saturated heterocycles. The quantitative estimate of drug-likeness (QED) is 0.822. The molecule has 1 aromatic rings. The van der Waals surface area contributed by atoms with Crippen LogP contribution in [0.1, 0.15) is 30.1 Å². The Kier molecular flexibility index (Phi) is 3.40. The largest absolute Gasteiger partial charge is 0.492 e. The first kappa shape index (κ1) is 12.4. The van der Waals surface area contributed by atoms with Crippen molar-refractivity contribution in [2.45, 2.75) is 19.8 Å². The van der Waals surface area contributed by atoms with Gasteiger partial charge in [0.1, 0.15) is 5.75 Å². The van der Waals surface area contributed by atoms with Gasteiger partial charge in [-0.25, -0.2) is 0 Å². The van der Waals surface area contributed by atoms with Gasteiger partial charge >= 0.3 is 0 Å². The molecule has 0 radical (unpaired) electrons. The summed E-state index contributed by atoms with van der Waals surface area (Å²) in [6.07, 6.45) is 1.51. The minimum absolute atomic E-state index is 0.0232. The number of hydrogen-bond donors (Lipinski definition) is 1. The zero-order valence-electron chi connectivity index (χ0n) is 9.70. The highest BCUT2D eigenvalue weighted by Crippen LogP contribution is 2.48. The normalized spacial score (nSPS) is 16.6. The van der Waals surface area contributed by atoms with Gasteiger partial charge in [-0.1, -0.05) is 11.6 Å². The Labute approximate surface area is 105 Å². The average molecular weight is 255 g/mol. The number of hydrogen-bond acceptors (Lipinski definition) is 3. The monoisotopic (exact) mass is 254 g/mol. The van der Waals surface area contributed by atoms with Crippen LogP contribution in [0.5, 0.6) is 5.75 Å². The molecule has 3 nitrogen and oxygen atoms in total. The Morgan fingerprint density at radius 2 is 2.24 bits per heavy atom. The molecule has 0 spiro atoms. The van der Waals surface area contributed by atoms with E-state index in [4.69, 9.17) is 16.3 Å². The van der Waals surface area contributed by atoms with Gasteiger partial charge in [-0.3, -0.25) is 4.79 Å². The van der Waals surface area contributed by atoms with Gasteiger partial charge in [0.15, 0.2) is 5.78 Å². The number of aliphatic hydroxyl groups is 1. The molecule has 1 saturated carbocycles. The lowest BCUT2D eigenvalue weighted by atomic mass is 9.95. The number of ketones is 1. The lowest BCUT2D eigenvalue weighted by molar-refractivity contribution is 0.0829. The maximum atomic E-state index is 12.1. The molecule has 1 aliphatic rings. The predicted octanol–water partition coefficient (Wildman–Crippen LogP) is 2.69. The summed E-state index contributed by atoms with van der Waals surface area (Å²) in [5, 5.41) is 9.65. The van der Waals surface area contributed by atoms with E-state index in [9.17, 15) is 9.90 Å².